The van der Waals surface area contributed by atoms with Gasteiger partial charge in [0.25, 0.3) is 0 Å². The van der Waals surface area contributed by atoms with E-state index in [0.29, 0.717) is 43.4 Å². The van der Waals surface area contributed by atoms with E-state index in [-0.39, 0.29) is 5.91 Å². The molecule has 0 aliphatic heterocycles. The minimum atomic E-state index is -0.107. The molecule has 1 aromatic rings. The van der Waals surface area contributed by atoms with E-state index >= 15 is 0 Å². The van der Waals surface area contributed by atoms with E-state index in [2.05, 4.69) is 5.32 Å². The predicted octanol–water partition coefficient (Wildman–Crippen LogP) is 1.77. The summed E-state index contributed by atoms with van der Waals surface area (Å²) < 4.78 is 10.9. The van der Waals surface area contributed by atoms with Crippen molar-refractivity contribution in [2.75, 3.05) is 25.1 Å². The van der Waals surface area contributed by atoms with E-state index in [1.165, 1.54) is 0 Å². The number of hydrogen-bond acceptors (Lipinski definition) is 4. The Morgan fingerprint density at radius 2 is 1.89 bits per heavy atom. The first kappa shape index (κ1) is 14.3. The number of carbonyl (C=O) groups excluding carboxylic acids is 1. The van der Waals surface area contributed by atoms with Crippen molar-refractivity contribution in [3.63, 3.8) is 0 Å². The van der Waals surface area contributed by atoms with Crippen LogP contribution in [0.5, 0.6) is 11.5 Å². The van der Waals surface area contributed by atoms with Crippen LogP contribution >= 0.6 is 0 Å². The molecule has 0 heterocycles. The minimum absolute atomic E-state index is 0.107. The summed E-state index contributed by atoms with van der Waals surface area (Å²) in [5.41, 5.74) is 6.00. The second kappa shape index (κ2) is 7.55. The Kier molecular flexibility index (Phi) is 6.00. The zero-order valence-electron chi connectivity index (χ0n) is 10.9. The molecule has 0 aliphatic carbocycles. The number of hydrogen-bond donors (Lipinski definition) is 2. The maximum atomic E-state index is 11.4. The molecule has 5 heteroatoms. The number of carbonyl (C=O) groups is 1. The summed E-state index contributed by atoms with van der Waals surface area (Å²) in [5.74, 6) is 1.20. The lowest BCUT2D eigenvalue weighted by molar-refractivity contribution is -0.116. The zero-order chi connectivity index (χ0) is 13.4. The standard InChI is InChI=1S/C13H20N2O3/c1-3-17-11-6-5-10(9-12(11)18-4-2)15-13(16)7-8-14/h5-6,9H,3-4,7-8,14H2,1-2H3,(H,15,16). The van der Waals surface area contributed by atoms with Crippen LogP contribution in [0.25, 0.3) is 0 Å². The fraction of sp³-hybridized carbons (Fsp3) is 0.462. The molecule has 0 fully saturated rings. The highest BCUT2D eigenvalue weighted by molar-refractivity contribution is 5.91. The van der Waals surface area contributed by atoms with Gasteiger partial charge in [-0.3, -0.25) is 4.79 Å². The van der Waals surface area contributed by atoms with Crippen molar-refractivity contribution in [3.05, 3.63) is 18.2 Å². The molecule has 0 aromatic heterocycles. The van der Waals surface area contributed by atoms with E-state index in [1.54, 1.807) is 18.2 Å². The number of nitrogens with one attached hydrogen (secondary N) is 1. The Morgan fingerprint density at radius 1 is 1.22 bits per heavy atom. The predicted molar refractivity (Wildman–Crippen MR) is 71.1 cm³/mol. The van der Waals surface area contributed by atoms with Gasteiger partial charge in [-0.1, -0.05) is 0 Å². The second-order valence-electron chi connectivity index (χ2n) is 3.61. The van der Waals surface area contributed by atoms with Crippen molar-refractivity contribution in [2.24, 2.45) is 5.73 Å². The quantitative estimate of drug-likeness (QED) is 0.775. The topological polar surface area (TPSA) is 73.6 Å². The summed E-state index contributed by atoms with van der Waals surface area (Å²) >= 11 is 0. The van der Waals surface area contributed by atoms with Gasteiger partial charge < -0.3 is 20.5 Å². The molecule has 0 bridgehead atoms. The lowest BCUT2D eigenvalue weighted by atomic mass is 10.2. The summed E-state index contributed by atoms with van der Waals surface area (Å²) in [6.45, 7) is 5.25. The maximum absolute atomic E-state index is 11.4. The van der Waals surface area contributed by atoms with Crippen molar-refractivity contribution in [3.8, 4) is 11.5 Å². The van der Waals surface area contributed by atoms with E-state index in [4.69, 9.17) is 15.2 Å². The molecular formula is C13H20N2O3. The van der Waals surface area contributed by atoms with Crippen LogP contribution in [0.3, 0.4) is 0 Å². The molecule has 0 saturated heterocycles. The smallest absolute Gasteiger partial charge is 0.225 e. The molecule has 1 rings (SSSR count). The first-order valence-corrected chi connectivity index (χ1v) is 6.10. The summed E-state index contributed by atoms with van der Waals surface area (Å²) in [4.78, 5) is 11.4. The van der Waals surface area contributed by atoms with Crippen molar-refractivity contribution < 1.29 is 14.3 Å². The van der Waals surface area contributed by atoms with Crippen LogP contribution in [0.4, 0.5) is 5.69 Å². The summed E-state index contributed by atoms with van der Waals surface area (Å²) in [6.07, 6.45) is 0.303. The average molecular weight is 252 g/mol. The van der Waals surface area contributed by atoms with Gasteiger partial charge in [-0.05, 0) is 26.0 Å². The molecule has 0 saturated carbocycles. The summed E-state index contributed by atoms with van der Waals surface area (Å²) in [7, 11) is 0. The Labute approximate surface area is 107 Å². The summed E-state index contributed by atoms with van der Waals surface area (Å²) in [5, 5.41) is 2.76. The molecule has 0 spiro atoms. The molecule has 0 atom stereocenters. The highest BCUT2D eigenvalue weighted by atomic mass is 16.5. The van der Waals surface area contributed by atoms with Gasteiger partial charge in [0.2, 0.25) is 5.91 Å². The first-order chi connectivity index (χ1) is 8.71. The lowest BCUT2D eigenvalue weighted by Gasteiger charge is -2.12. The van der Waals surface area contributed by atoms with E-state index in [1.807, 2.05) is 13.8 Å². The van der Waals surface area contributed by atoms with Gasteiger partial charge in [0.15, 0.2) is 11.5 Å². The van der Waals surface area contributed by atoms with Gasteiger partial charge in [-0.2, -0.15) is 0 Å². The Hall–Kier alpha value is -1.75. The van der Waals surface area contributed by atoms with Crippen molar-refractivity contribution in [1.29, 1.82) is 0 Å². The number of nitrogens with two attached hydrogens (primary N) is 1. The number of ether oxygens (including phenoxy) is 2. The largest absolute Gasteiger partial charge is 0.490 e. The highest BCUT2D eigenvalue weighted by Crippen LogP contribution is 2.30. The molecule has 1 aromatic carbocycles. The van der Waals surface area contributed by atoms with Crippen LogP contribution < -0.4 is 20.5 Å². The molecular weight excluding hydrogens is 232 g/mol. The Balaban J connectivity index is 2.81. The maximum Gasteiger partial charge on any atom is 0.225 e. The van der Waals surface area contributed by atoms with Crippen LogP contribution in [-0.4, -0.2) is 25.7 Å². The fourth-order valence-electron chi connectivity index (χ4n) is 1.48. The molecule has 100 valence electrons. The number of amides is 1. The van der Waals surface area contributed by atoms with E-state index in [0.717, 1.165) is 0 Å². The second-order valence-corrected chi connectivity index (χ2v) is 3.61. The Bertz CT molecular complexity index is 394. The fourth-order valence-corrected chi connectivity index (χ4v) is 1.48. The van der Waals surface area contributed by atoms with Gasteiger partial charge in [-0.15, -0.1) is 0 Å². The molecule has 0 radical (unpaired) electrons. The van der Waals surface area contributed by atoms with Crippen molar-refractivity contribution in [1.82, 2.24) is 0 Å². The highest BCUT2D eigenvalue weighted by Gasteiger charge is 2.07. The van der Waals surface area contributed by atoms with Crippen LogP contribution in [0.2, 0.25) is 0 Å². The third kappa shape index (κ3) is 4.25. The first-order valence-electron chi connectivity index (χ1n) is 6.10. The van der Waals surface area contributed by atoms with Crippen LogP contribution in [0.15, 0.2) is 18.2 Å². The monoisotopic (exact) mass is 252 g/mol. The molecule has 3 N–H and O–H groups in total. The molecule has 18 heavy (non-hydrogen) atoms. The lowest BCUT2D eigenvalue weighted by Crippen LogP contribution is -2.16. The molecule has 0 unspecified atom stereocenters. The normalized spacial score (nSPS) is 9.94. The number of benzene rings is 1. The average Bonchev–Trinajstić information content (AvgIpc) is 2.33. The summed E-state index contributed by atoms with van der Waals surface area (Å²) in [6, 6.07) is 5.32. The van der Waals surface area contributed by atoms with Crippen LogP contribution in [0.1, 0.15) is 20.3 Å². The van der Waals surface area contributed by atoms with Gasteiger partial charge in [0.05, 0.1) is 13.2 Å². The van der Waals surface area contributed by atoms with E-state index in [9.17, 15) is 4.79 Å². The van der Waals surface area contributed by atoms with E-state index < -0.39 is 0 Å². The Morgan fingerprint density at radius 3 is 2.50 bits per heavy atom. The van der Waals surface area contributed by atoms with Crippen LogP contribution in [0, 0.1) is 0 Å². The third-order valence-electron chi connectivity index (χ3n) is 2.20. The van der Waals surface area contributed by atoms with Gasteiger partial charge in [0, 0.05) is 24.7 Å². The van der Waals surface area contributed by atoms with Crippen molar-refractivity contribution in [2.45, 2.75) is 20.3 Å². The SMILES string of the molecule is CCOc1ccc(NC(=O)CCN)cc1OCC. The van der Waals surface area contributed by atoms with Crippen molar-refractivity contribution >= 4 is 11.6 Å². The minimum Gasteiger partial charge on any atom is -0.490 e. The molecule has 5 nitrogen and oxygen atoms in total. The zero-order valence-corrected chi connectivity index (χ0v) is 10.9. The van der Waals surface area contributed by atoms with Gasteiger partial charge in [-0.25, -0.2) is 0 Å². The molecule has 0 aliphatic rings. The van der Waals surface area contributed by atoms with Gasteiger partial charge in [0.1, 0.15) is 0 Å². The third-order valence-corrected chi connectivity index (χ3v) is 2.20. The van der Waals surface area contributed by atoms with Gasteiger partial charge >= 0.3 is 0 Å². The number of rotatable bonds is 7. The van der Waals surface area contributed by atoms with Crippen LogP contribution in [-0.2, 0) is 4.79 Å². The number of anilines is 1. The molecule has 1 amide bonds.